The normalized spacial score (nSPS) is 13.3. The summed E-state index contributed by atoms with van der Waals surface area (Å²) in [5.74, 6) is -0.302. The lowest BCUT2D eigenvalue weighted by atomic mass is 10.0. The van der Waals surface area contributed by atoms with E-state index in [1.54, 1.807) is 0 Å². The molecule has 4 heteroatoms. The molecule has 2 N–H and O–H groups in total. The molecule has 2 nitrogen and oxygen atoms in total. The Morgan fingerprint density at radius 3 is 2.50 bits per heavy atom. The quantitative estimate of drug-likeness (QED) is 0.847. The second-order valence-electron chi connectivity index (χ2n) is 5.01. The summed E-state index contributed by atoms with van der Waals surface area (Å²) in [7, 11) is 1.97. The molecule has 1 aromatic rings. The standard InChI is InChI=1S/C14H22F2N2/c1-10(2)14(9-17)18(3)7-6-11-8-12(15)4-5-13(11)16/h4-5,8,10,14H,6-7,9,17H2,1-3H3. The average molecular weight is 256 g/mol. The molecule has 1 atom stereocenters. The highest BCUT2D eigenvalue weighted by Crippen LogP contribution is 2.13. The van der Waals surface area contributed by atoms with Crippen molar-refractivity contribution in [3.05, 3.63) is 35.4 Å². The van der Waals surface area contributed by atoms with Gasteiger partial charge >= 0.3 is 0 Å². The van der Waals surface area contributed by atoms with Gasteiger partial charge in [-0.05, 0) is 43.1 Å². The van der Waals surface area contributed by atoms with Crippen molar-refractivity contribution in [2.75, 3.05) is 20.1 Å². The smallest absolute Gasteiger partial charge is 0.126 e. The van der Waals surface area contributed by atoms with Crippen molar-refractivity contribution in [1.82, 2.24) is 4.90 Å². The second-order valence-corrected chi connectivity index (χ2v) is 5.01. The van der Waals surface area contributed by atoms with Crippen LogP contribution in [0.5, 0.6) is 0 Å². The van der Waals surface area contributed by atoms with Gasteiger partial charge < -0.3 is 10.6 Å². The second kappa shape index (κ2) is 6.81. The Labute approximate surface area is 108 Å². The zero-order valence-corrected chi connectivity index (χ0v) is 11.3. The lowest BCUT2D eigenvalue weighted by molar-refractivity contribution is 0.199. The summed E-state index contributed by atoms with van der Waals surface area (Å²) in [6, 6.07) is 3.84. The molecule has 102 valence electrons. The van der Waals surface area contributed by atoms with E-state index in [9.17, 15) is 8.78 Å². The Morgan fingerprint density at radius 2 is 1.94 bits per heavy atom. The minimum Gasteiger partial charge on any atom is -0.329 e. The zero-order chi connectivity index (χ0) is 13.7. The highest BCUT2D eigenvalue weighted by molar-refractivity contribution is 5.19. The van der Waals surface area contributed by atoms with Crippen molar-refractivity contribution in [2.45, 2.75) is 26.3 Å². The monoisotopic (exact) mass is 256 g/mol. The van der Waals surface area contributed by atoms with Gasteiger partial charge in [-0.3, -0.25) is 0 Å². The van der Waals surface area contributed by atoms with Crippen LogP contribution in [-0.4, -0.2) is 31.1 Å². The van der Waals surface area contributed by atoms with E-state index in [1.807, 2.05) is 7.05 Å². The van der Waals surface area contributed by atoms with Crippen LogP contribution in [0.4, 0.5) is 8.78 Å². The van der Waals surface area contributed by atoms with Crippen molar-refractivity contribution < 1.29 is 8.78 Å². The SMILES string of the molecule is CC(C)C(CN)N(C)CCc1cc(F)ccc1F. The number of likely N-dealkylation sites (N-methyl/N-ethyl adjacent to an activating group) is 1. The first-order valence-electron chi connectivity index (χ1n) is 6.30. The predicted molar refractivity (Wildman–Crippen MR) is 70.4 cm³/mol. The summed E-state index contributed by atoms with van der Waals surface area (Å²) >= 11 is 0. The maximum absolute atomic E-state index is 13.5. The van der Waals surface area contributed by atoms with Crippen LogP contribution in [0.1, 0.15) is 19.4 Å². The molecule has 0 radical (unpaired) electrons. The van der Waals surface area contributed by atoms with E-state index in [0.717, 1.165) is 6.07 Å². The molecule has 0 fully saturated rings. The minimum atomic E-state index is -0.395. The highest BCUT2D eigenvalue weighted by Gasteiger charge is 2.17. The van der Waals surface area contributed by atoms with Crippen LogP contribution in [0.2, 0.25) is 0 Å². The summed E-state index contributed by atoms with van der Waals surface area (Å²) in [4.78, 5) is 2.11. The summed E-state index contributed by atoms with van der Waals surface area (Å²) in [5, 5.41) is 0. The van der Waals surface area contributed by atoms with Crippen LogP contribution in [0.15, 0.2) is 18.2 Å². The lowest BCUT2D eigenvalue weighted by Gasteiger charge is -2.30. The van der Waals surface area contributed by atoms with Crippen molar-refractivity contribution in [2.24, 2.45) is 11.7 Å². The van der Waals surface area contributed by atoms with Gasteiger partial charge in [0.2, 0.25) is 0 Å². The van der Waals surface area contributed by atoms with E-state index in [0.29, 0.717) is 31.0 Å². The van der Waals surface area contributed by atoms with E-state index in [1.165, 1.54) is 12.1 Å². The largest absolute Gasteiger partial charge is 0.329 e. The van der Waals surface area contributed by atoms with E-state index in [4.69, 9.17) is 5.73 Å². The Kier molecular flexibility index (Phi) is 5.69. The van der Waals surface area contributed by atoms with Crippen molar-refractivity contribution in [3.63, 3.8) is 0 Å². The molecule has 0 aliphatic rings. The fraction of sp³-hybridized carbons (Fsp3) is 0.571. The molecule has 1 rings (SSSR count). The van der Waals surface area contributed by atoms with Gasteiger partial charge in [-0.15, -0.1) is 0 Å². The number of hydrogen-bond donors (Lipinski definition) is 1. The third-order valence-corrected chi connectivity index (χ3v) is 3.32. The van der Waals surface area contributed by atoms with Crippen molar-refractivity contribution >= 4 is 0 Å². The van der Waals surface area contributed by atoms with Gasteiger partial charge in [0.05, 0.1) is 0 Å². The Bertz CT molecular complexity index is 380. The first-order chi connectivity index (χ1) is 8.45. The third kappa shape index (κ3) is 4.03. The number of nitrogens with zero attached hydrogens (tertiary/aromatic N) is 1. The van der Waals surface area contributed by atoms with Gasteiger partial charge in [-0.2, -0.15) is 0 Å². The van der Waals surface area contributed by atoms with Crippen LogP contribution in [-0.2, 0) is 6.42 Å². The molecule has 0 bridgehead atoms. The molecule has 0 saturated carbocycles. The van der Waals surface area contributed by atoms with E-state index in [2.05, 4.69) is 18.7 Å². The van der Waals surface area contributed by atoms with E-state index >= 15 is 0 Å². The van der Waals surface area contributed by atoms with Crippen LogP contribution < -0.4 is 5.73 Å². The lowest BCUT2D eigenvalue weighted by Crippen LogP contribution is -2.42. The van der Waals surface area contributed by atoms with Gasteiger partial charge in [0, 0.05) is 19.1 Å². The number of halogens is 2. The molecule has 1 unspecified atom stereocenters. The summed E-state index contributed by atoms with van der Waals surface area (Å²) in [6.45, 7) is 5.45. The summed E-state index contributed by atoms with van der Waals surface area (Å²) in [6.07, 6.45) is 0.489. The van der Waals surface area contributed by atoms with Gasteiger partial charge in [-0.25, -0.2) is 8.78 Å². The van der Waals surface area contributed by atoms with Crippen LogP contribution in [0.25, 0.3) is 0 Å². The molecule has 0 aromatic heterocycles. The number of rotatable bonds is 6. The first kappa shape index (κ1) is 15.1. The van der Waals surface area contributed by atoms with Gasteiger partial charge in [0.15, 0.2) is 0 Å². The number of benzene rings is 1. The first-order valence-corrected chi connectivity index (χ1v) is 6.30. The molecule has 0 heterocycles. The molecular weight excluding hydrogens is 234 g/mol. The van der Waals surface area contributed by atoms with Gasteiger partial charge in [0.1, 0.15) is 11.6 Å². The predicted octanol–water partition coefficient (Wildman–Crippen LogP) is 2.42. The Morgan fingerprint density at radius 1 is 1.28 bits per heavy atom. The highest BCUT2D eigenvalue weighted by atomic mass is 19.1. The van der Waals surface area contributed by atoms with Crippen LogP contribution in [0.3, 0.4) is 0 Å². The molecule has 0 aliphatic heterocycles. The fourth-order valence-corrected chi connectivity index (χ4v) is 2.16. The molecule has 0 aliphatic carbocycles. The average Bonchev–Trinajstić information content (AvgIpc) is 2.30. The Hall–Kier alpha value is -1.00. The summed E-state index contributed by atoms with van der Waals surface area (Å²) < 4.78 is 26.5. The maximum Gasteiger partial charge on any atom is 0.126 e. The Balaban J connectivity index is 2.61. The third-order valence-electron chi connectivity index (χ3n) is 3.32. The van der Waals surface area contributed by atoms with Gasteiger partial charge in [-0.1, -0.05) is 13.8 Å². The molecule has 1 aromatic carbocycles. The van der Waals surface area contributed by atoms with E-state index < -0.39 is 5.82 Å². The molecular formula is C14H22F2N2. The van der Waals surface area contributed by atoms with Crippen molar-refractivity contribution in [1.29, 1.82) is 0 Å². The van der Waals surface area contributed by atoms with Crippen molar-refractivity contribution in [3.8, 4) is 0 Å². The van der Waals surface area contributed by atoms with Crippen LogP contribution >= 0.6 is 0 Å². The zero-order valence-electron chi connectivity index (χ0n) is 11.3. The number of nitrogens with two attached hydrogens (primary N) is 1. The molecule has 0 amide bonds. The maximum atomic E-state index is 13.5. The van der Waals surface area contributed by atoms with Gasteiger partial charge in [0.25, 0.3) is 0 Å². The molecule has 0 spiro atoms. The van der Waals surface area contributed by atoms with E-state index in [-0.39, 0.29) is 11.9 Å². The molecule has 18 heavy (non-hydrogen) atoms. The fourth-order valence-electron chi connectivity index (χ4n) is 2.16. The number of hydrogen-bond acceptors (Lipinski definition) is 2. The molecule has 0 saturated heterocycles. The van der Waals surface area contributed by atoms with Crippen LogP contribution in [0, 0.1) is 17.6 Å². The summed E-state index contributed by atoms with van der Waals surface area (Å²) in [5.41, 5.74) is 6.14. The minimum absolute atomic E-state index is 0.265. The topological polar surface area (TPSA) is 29.3 Å².